The van der Waals surface area contributed by atoms with Crippen LogP contribution in [0.2, 0.25) is 0 Å². The van der Waals surface area contributed by atoms with Gasteiger partial charge in [-0.3, -0.25) is 14.3 Å². The second-order valence-corrected chi connectivity index (χ2v) is 8.02. The number of rotatable bonds is 6. The monoisotopic (exact) mass is 495 g/mol. The first-order valence-electron chi connectivity index (χ1n) is 10.9. The number of nitrogen functional groups attached to an aromatic ring is 1. The third kappa shape index (κ3) is 4.57. The van der Waals surface area contributed by atoms with Crippen molar-refractivity contribution in [3.63, 3.8) is 0 Å². The van der Waals surface area contributed by atoms with Crippen LogP contribution >= 0.6 is 0 Å². The summed E-state index contributed by atoms with van der Waals surface area (Å²) >= 11 is 0. The zero-order valence-electron chi connectivity index (χ0n) is 19.6. The van der Waals surface area contributed by atoms with E-state index in [0.29, 0.717) is 30.0 Å². The molecule has 4 rings (SSSR count). The van der Waals surface area contributed by atoms with Crippen molar-refractivity contribution in [3.8, 4) is 23.3 Å². The van der Waals surface area contributed by atoms with Crippen LogP contribution in [-0.2, 0) is 4.79 Å². The predicted octanol–water partition coefficient (Wildman–Crippen LogP) is 2.84. The molecule has 1 aliphatic rings. The molecule has 1 amide bonds. The highest BCUT2D eigenvalue weighted by molar-refractivity contribution is 6.11. The van der Waals surface area contributed by atoms with Gasteiger partial charge in [0.15, 0.2) is 0 Å². The van der Waals surface area contributed by atoms with Gasteiger partial charge in [-0.2, -0.15) is 5.10 Å². The molecule has 1 atom stereocenters. The van der Waals surface area contributed by atoms with Gasteiger partial charge in [-0.05, 0) is 30.6 Å². The summed E-state index contributed by atoms with van der Waals surface area (Å²) in [5.74, 6) is 5.27. The van der Waals surface area contributed by atoms with Gasteiger partial charge in [-0.25, -0.2) is 13.8 Å². The normalized spacial score (nSPS) is 15.0. The molecule has 2 aromatic heterocycles. The molecule has 0 aliphatic carbocycles. The zero-order valence-corrected chi connectivity index (χ0v) is 19.6. The van der Waals surface area contributed by atoms with Crippen molar-refractivity contribution in [1.29, 1.82) is 0 Å². The number of ether oxygens (including phenoxy) is 2. The number of halogens is 2. The van der Waals surface area contributed by atoms with Crippen LogP contribution in [-0.4, -0.2) is 65.1 Å². The Morgan fingerprint density at radius 3 is 2.53 bits per heavy atom. The molecule has 3 aromatic rings. The Hall–Kier alpha value is -4.46. The molecule has 11 heteroatoms. The third-order valence-electron chi connectivity index (χ3n) is 5.89. The van der Waals surface area contributed by atoms with E-state index in [1.54, 1.807) is 23.1 Å². The number of hydrogen-bond acceptors (Lipinski definition) is 7. The van der Waals surface area contributed by atoms with E-state index in [2.05, 4.69) is 28.5 Å². The van der Waals surface area contributed by atoms with Crippen molar-refractivity contribution in [2.24, 2.45) is 0 Å². The summed E-state index contributed by atoms with van der Waals surface area (Å²) in [6.45, 7) is 4.17. The molecule has 2 N–H and O–H groups in total. The van der Waals surface area contributed by atoms with Crippen molar-refractivity contribution in [2.45, 2.75) is 18.9 Å². The summed E-state index contributed by atoms with van der Waals surface area (Å²) in [6.07, 6.45) is -0.531. The molecule has 1 aliphatic heterocycles. The largest absolute Gasteiger partial charge is 0.497 e. The molecule has 1 aromatic carbocycles. The number of nitrogens with zero attached hydrogens (tertiary/aromatic N) is 4. The number of ketones is 1. The topological polar surface area (TPSA) is 113 Å². The summed E-state index contributed by atoms with van der Waals surface area (Å²) in [5, 5.41) is 4.75. The molecule has 1 fully saturated rings. The number of fused-ring (bicyclic) bond motifs is 1. The Morgan fingerprint density at radius 2 is 1.92 bits per heavy atom. The van der Waals surface area contributed by atoms with Crippen molar-refractivity contribution in [3.05, 3.63) is 53.9 Å². The van der Waals surface area contributed by atoms with E-state index < -0.39 is 18.3 Å². The number of nitrogens with two attached hydrogens (primary N) is 1. The standard InChI is InChI=1S/C25H23F2N5O4/c1-4-20(33)31-8-7-15(13-31)32-22-18(23(34)24(26)27)12-29-25(28)21(22)19(30-32)6-5-14-9-16(35-2)11-17(10-14)36-3/h4,9-12,15,24H,1,7-8,13H2,2-3H3,(H2,28,29)/t15-/m0/s1. The van der Waals surface area contributed by atoms with Gasteiger partial charge in [0, 0.05) is 30.9 Å². The summed E-state index contributed by atoms with van der Waals surface area (Å²) in [6, 6.07) is 4.68. The molecule has 1 saturated heterocycles. The van der Waals surface area contributed by atoms with Crippen molar-refractivity contribution < 1.29 is 27.8 Å². The van der Waals surface area contributed by atoms with Crippen molar-refractivity contribution in [1.82, 2.24) is 19.7 Å². The Labute approximate surface area is 205 Å². The lowest BCUT2D eigenvalue weighted by Gasteiger charge is -2.16. The average Bonchev–Trinajstić information content (AvgIpc) is 3.52. The number of methoxy groups -OCH3 is 2. The maximum Gasteiger partial charge on any atom is 0.300 e. The van der Waals surface area contributed by atoms with E-state index >= 15 is 0 Å². The fourth-order valence-corrected chi connectivity index (χ4v) is 4.13. The van der Waals surface area contributed by atoms with E-state index in [4.69, 9.17) is 15.2 Å². The number of likely N-dealkylation sites (tertiary alicyclic amines) is 1. The smallest absolute Gasteiger partial charge is 0.300 e. The number of pyridine rings is 1. The molecule has 9 nitrogen and oxygen atoms in total. The first kappa shape index (κ1) is 24.7. The van der Waals surface area contributed by atoms with Crippen LogP contribution in [0.15, 0.2) is 37.1 Å². The Balaban J connectivity index is 1.89. The van der Waals surface area contributed by atoms with Crippen LogP contribution in [0, 0.1) is 11.8 Å². The number of Topliss-reactive ketones (excluding diaryl/α,β-unsaturated/α-hetero) is 1. The second kappa shape index (κ2) is 10.0. The second-order valence-electron chi connectivity index (χ2n) is 8.02. The Morgan fingerprint density at radius 1 is 1.22 bits per heavy atom. The molecule has 186 valence electrons. The average molecular weight is 495 g/mol. The number of benzene rings is 1. The Bertz CT molecular complexity index is 1400. The van der Waals surface area contributed by atoms with E-state index in [-0.39, 0.29) is 40.4 Å². The summed E-state index contributed by atoms with van der Waals surface area (Å²) in [5.41, 5.74) is 6.63. The highest BCUT2D eigenvalue weighted by Crippen LogP contribution is 2.33. The maximum absolute atomic E-state index is 13.4. The predicted molar refractivity (Wildman–Crippen MR) is 128 cm³/mol. The quantitative estimate of drug-likeness (QED) is 0.318. The fourth-order valence-electron chi connectivity index (χ4n) is 4.13. The molecule has 0 bridgehead atoms. The van der Waals surface area contributed by atoms with Crippen molar-refractivity contribution >= 4 is 28.4 Å². The zero-order chi connectivity index (χ0) is 26.0. The number of anilines is 1. The summed E-state index contributed by atoms with van der Waals surface area (Å²) in [4.78, 5) is 30.0. The molecular formula is C25H23F2N5O4. The number of aromatic nitrogens is 3. The van der Waals surface area contributed by atoms with Gasteiger partial charge in [0.2, 0.25) is 11.7 Å². The first-order chi connectivity index (χ1) is 17.3. The van der Waals surface area contributed by atoms with Crippen LogP contribution in [0.1, 0.15) is 34.1 Å². The molecule has 0 unspecified atom stereocenters. The van der Waals surface area contributed by atoms with E-state index in [9.17, 15) is 18.4 Å². The van der Waals surface area contributed by atoms with E-state index in [1.807, 2.05) is 0 Å². The van der Waals surface area contributed by atoms with Gasteiger partial charge < -0.3 is 20.1 Å². The fraction of sp³-hybridized carbons (Fsp3) is 0.280. The molecule has 0 saturated carbocycles. The number of hydrogen-bond donors (Lipinski definition) is 1. The first-order valence-corrected chi connectivity index (χ1v) is 10.9. The maximum atomic E-state index is 13.4. The summed E-state index contributed by atoms with van der Waals surface area (Å²) in [7, 11) is 3.02. The van der Waals surface area contributed by atoms with Gasteiger partial charge in [-0.1, -0.05) is 12.5 Å². The number of carbonyl (C=O) groups excluding carboxylic acids is 2. The minimum atomic E-state index is -3.25. The third-order valence-corrected chi connectivity index (χ3v) is 5.89. The lowest BCUT2D eigenvalue weighted by Crippen LogP contribution is -2.27. The number of amides is 1. The minimum Gasteiger partial charge on any atom is -0.497 e. The van der Waals surface area contributed by atoms with Crippen molar-refractivity contribution in [2.75, 3.05) is 33.0 Å². The van der Waals surface area contributed by atoms with Crippen LogP contribution in [0.4, 0.5) is 14.6 Å². The van der Waals surface area contributed by atoms with Crippen LogP contribution in [0.3, 0.4) is 0 Å². The minimum absolute atomic E-state index is 0.00777. The highest BCUT2D eigenvalue weighted by Gasteiger charge is 2.32. The number of carbonyl (C=O) groups is 2. The SMILES string of the molecule is C=CC(=O)N1CC[C@H](n2nc(C#Cc3cc(OC)cc(OC)c3)c3c(N)ncc(C(=O)C(F)F)c32)C1. The van der Waals surface area contributed by atoms with E-state index in [0.717, 1.165) is 6.20 Å². The lowest BCUT2D eigenvalue weighted by molar-refractivity contribution is -0.125. The molecule has 36 heavy (non-hydrogen) atoms. The Kier molecular flexibility index (Phi) is 6.87. The molecule has 0 spiro atoms. The van der Waals surface area contributed by atoms with Gasteiger partial charge in [0.25, 0.3) is 0 Å². The van der Waals surface area contributed by atoms with Gasteiger partial charge >= 0.3 is 6.43 Å². The highest BCUT2D eigenvalue weighted by atomic mass is 19.3. The summed E-state index contributed by atoms with van der Waals surface area (Å²) < 4.78 is 38.9. The molecule has 3 heterocycles. The van der Waals surface area contributed by atoms with Gasteiger partial charge in [0.1, 0.15) is 23.0 Å². The molecular weight excluding hydrogens is 472 g/mol. The van der Waals surface area contributed by atoms with Crippen LogP contribution in [0.25, 0.3) is 10.9 Å². The van der Waals surface area contributed by atoms with Gasteiger partial charge in [0.05, 0.1) is 36.7 Å². The van der Waals surface area contributed by atoms with E-state index in [1.165, 1.54) is 25.0 Å². The lowest BCUT2D eigenvalue weighted by atomic mass is 10.1. The molecule has 0 radical (unpaired) electrons. The van der Waals surface area contributed by atoms with Gasteiger partial charge in [-0.15, -0.1) is 0 Å². The van der Waals surface area contributed by atoms with Crippen LogP contribution in [0.5, 0.6) is 11.5 Å². The number of alkyl halides is 2. The van der Waals surface area contributed by atoms with Crippen LogP contribution < -0.4 is 15.2 Å².